The molecular formula is C17H22FN3S2. The zero-order chi connectivity index (χ0) is 16.7. The molecule has 124 valence electrons. The fourth-order valence-corrected chi connectivity index (χ4v) is 3.16. The number of nitrogens with zero attached hydrogens (tertiary/aromatic N) is 2. The average Bonchev–Trinajstić information content (AvgIpc) is 3.01. The van der Waals surface area contributed by atoms with Crippen LogP contribution >= 0.6 is 23.6 Å². The maximum absolute atomic E-state index is 13.8. The fourth-order valence-electron chi connectivity index (χ4n) is 2.18. The summed E-state index contributed by atoms with van der Waals surface area (Å²) in [6, 6.07) is 10.7. The minimum atomic E-state index is -0.292. The van der Waals surface area contributed by atoms with Crippen molar-refractivity contribution >= 4 is 34.4 Å². The molecule has 1 aromatic heterocycles. The Bertz CT molecular complexity index is 614. The number of benzene rings is 1. The van der Waals surface area contributed by atoms with Crippen LogP contribution < -0.4 is 5.32 Å². The predicted molar refractivity (Wildman–Crippen MR) is 101 cm³/mol. The molecule has 1 heterocycles. The second kappa shape index (κ2) is 8.96. The zero-order valence-corrected chi connectivity index (χ0v) is 15.1. The van der Waals surface area contributed by atoms with E-state index in [9.17, 15) is 4.39 Å². The molecule has 0 aliphatic carbocycles. The van der Waals surface area contributed by atoms with E-state index in [0.717, 1.165) is 26.1 Å². The molecule has 0 aliphatic heterocycles. The van der Waals surface area contributed by atoms with Crippen LogP contribution in [0.5, 0.6) is 0 Å². The molecule has 23 heavy (non-hydrogen) atoms. The monoisotopic (exact) mass is 351 g/mol. The molecule has 3 nitrogen and oxygen atoms in total. The van der Waals surface area contributed by atoms with Gasteiger partial charge in [-0.2, -0.15) is 0 Å². The highest BCUT2D eigenvalue weighted by Gasteiger charge is 2.13. The van der Waals surface area contributed by atoms with Gasteiger partial charge in [-0.25, -0.2) is 4.39 Å². The Balaban J connectivity index is 2.02. The molecule has 2 rings (SSSR count). The van der Waals surface area contributed by atoms with Gasteiger partial charge in [0, 0.05) is 11.4 Å². The predicted octanol–water partition coefficient (Wildman–Crippen LogP) is 4.04. The Hall–Kier alpha value is -1.50. The van der Waals surface area contributed by atoms with Crippen LogP contribution in [-0.4, -0.2) is 42.1 Å². The third-order valence-electron chi connectivity index (χ3n) is 3.36. The lowest BCUT2D eigenvalue weighted by Gasteiger charge is -2.26. The van der Waals surface area contributed by atoms with E-state index in [-0.39, 0.29) is 5.82 Å². The van der Waals surface area contributed by atoms with Gasteiger partial charge >= 0.3 is 0 Å². The Morgan fingerprint density at radius 2 is 1.96 bits per heavy atom. The van der Waals surface area contributed by atoms with Crippen LogP contribution in [0, 0.1) is 5.82 Å². The third kappa shape index (κ3) is 5.89. The molecule has 0 unspecified atom stereocenters. The standard InChI is InChI=1S/C17H22FN3S2/c1-20(2)10-6-11-21(13-14-7-5-12-23-14)17(22)19-16-9-4-3-8-15(16)18/h3-5,7-9,12H,6,10-11,13H2,1-2H3,(H,19,22). The van der Waals surface area contributed by atoms with Gasteiger partial charge in [0.15, 0.2) is 5.11 Å². The van der Waals surface area contributed by atoms with Crippen molar-refractivity contribution in [3.63, 3.8) is 0 Å². The van der Waals surface area contributed by atoms with Crippen LogP contribution in [0.15, 0.2) is 41.8 Å². The minimum Gasteiger partial charge on any atom is -0.344 e. The van der Waals surface area contributed by atoms with E-state index in [1.807, 2.05) is 6.07 Å². The van der Waals surface area contributed by atoms with E-state index < -0.39 is 0 Å². The maximum atomic E-state index is 13.8. The van der Waals surface area contributed by atoms with Gasteiger partial charge in [-0.15, -0.1) is 11.3 Å². The molecule has 0 saturated heterocycles. The van der Waals surface area contributed by atoms with Crippen molar-refractivity contribution in [3.05, 3.63) is 52.5 Å². The van der Waals surface area contributed by atoms with Crippen LogP contribution in [0.4, 0.5) is 10.1 Å². The molecule has 0 fully saturated rings. The lowest BCUT2D eigenvalue weighted by molar-refractivity contribution is 0.347. The Labute approximate surface area is 146 Å². The second-order valence-electron chi connectivity index (χ2n) is 5.57. The largest absolute Gasteiger partial charge is 0.344 e. The van der Waals surface area contributed by atoms with E-state index in [0.29, 0.717) is 10.8 Å². The topological polar surface area (TPSA) is 18.5 Å². The number of hydrogen-bond donors (Lipinski definition) is 1. The van der Waals surface area contributed by atoms with Gasteiger partial charge in [-0.05, 0) is 62.9 Å². The number of thiophene rings is 1. The fraction of sp³-hybridized carbons (Fsp3) is 0.353. The highest BCUT2D eigenvalue weighted by Crippen LogP contribution is 2.16. The summed E-state index contributed by atoms with van der Waals surface area (Å²) in [5.41, 5.74) is 0.418. The van der Waals surface area contributed by atoms with Crippen molar-refractivity contribution in [1.29, 1.82) is 0 Å². The molecule has 0 aliphatic rings. The van der Waals surface area contributed by atoms with Crippen molar-refractivity contribution in [2.45, 2.75) is 13.0 Å². The summed E-state index contributed by atoms with van der Waals surface area (Å²) in [5.74, 6) is -0.292. The molecule has 1 N–H and O–H groups in total. The highest BCUT2D eigenvalue weighted by molar-refractivity contribution is 7.80. The third-order valence-corrected chi connectivity index (χ3v) is 4.58. The zero-order valence-electron chi connectivity index (χ0n) is 13.5. The van der Waals surface area contributed by atoms with Gasteiger partial charge in [-0.1, -0.05) is 18.2 Å². The highest BCUT2D eigenvalue weighted by atomic mass is 32.1. The first-order valence-electron chi connectivity index (χ1n) is 7.54. The van der Waals surface area contributed by atoms with Crippen molar-refractivity contribution in [3.8, 4) is 0 Å². The van der Waals surface area contributed by atoms with Crippen LogP contribution in [0.2, 0.25) is 0 Å². The first kappa shape index (κ1) is 17.8. The van der Waals surface area contributed by atoms with Crippen molar-refractivity contribution in [2.24, 2.45) is 0 Å². The SMILES string of the molecule is CN(C)CCCN(Cc1cccs1)C(=S)Nc1ccccc1F. The number of hydrogen-bond acceptors (Lipinski definition) is 3. The molecule has 0 bridgehead atoms. The van der Waals surface area contributed by atoms with E-state index >= 15 is 0 Å². The van der Waals surface area contributed by atoms with E-state index in [2.05, 4.69) is 40.7 Å². The lowest BCUT2D eigenvalue weighted by Crippen LogP contribution is -2.36. The number of anilines is 1. The smallest absolute Gasteiger partial charge is 0.173 e. The molecule has 1 aromatic carbocycles. The average molecular weight is 352 g/mol. The summed E-state index contributed by atoms with van der Waals surface area (Å²) < 4.78 is 13.8. The molecule has 0 amide bonds. The lowest BCUT2D eigenvalue weighted by atomic mass is 10.3. The quantitative estimate of drug-likeness (QED) is 0.759. The van der Waals surface area contributed by atoms with Crippen molar-refractivity contribution < 1.29 is 4.39 Å². The summed E-state index contributed by atoms with van der Waals surface area (Å²) in [5, 5.41) is 5.65. The number of nitrogens with one attached hydrogen (secondary N) is 1. The second-order valence-corrected chi connectivity index (χ2v) is 6.99. The number of thiocarbonyl (C=S) groups is 1. The molecule has 6 heteroatoms. The number of para-hydroxylation sites is 1. The van der Waals surface area contributed by atoms with Gasteiger partial charge < -0.3 is 15.1 Å². The Morgan fingerprint density at radius 1 is 1.17 bits per heavy atom. The summed E-state index contributed by atoms with van der Waals surface area (Å²) >= 11 is 7.21. The summed E-state index contributed by atoms with van der Waals surface area (Å²) in [7, 11) is 4.11. The molecule has 0 saturated carbocycles. The summed E-state index contributed by atoms with van der Waals surface area (Å²) in [4.78, 5) is 5.49. The van der Waals surface area contributed by atoms with Gasteiger partial charge in [0.25, 0.3) is 0 Å². The van der Waals surface area contributed by atoms with Gasteiger partial charge in [0.1, 0.15) is 5.82 Å². The van der Waals surface area contributed by atoms with E-state index in [4.69, 9.17) is 12.2 Å². The van der Waals surface area contributed by atoms with Crippen LogP contribution in [0.1, 0.15) is 11.3 Å². The van der Waals surface area contributed by atoms with Gasteiger partial charge in [0.05, 0.1) is 12.2 Å². The van der Waals surface area contributed by atoms with Gasteiger partial charge in [0.2, 0.25) is 0 Å². The summed E-state index contributed by atoms with van der Waals surface area (Å²) in [6.07, 6.45) is 0.997. The van der Waals surface area contributed by atoms with E-state index in [1.54, 1.807) is 29.5 Å². The van der Waals surface area contributed by atoms with Crippen molar-refractivity contribution in [2.75, 3.05) is 32.5 Å². The molecule has 0 spiro atoms. The Kier molecular flexibility index (Phi) is 6.95. The molecule has 0 radical (unpaired) electrons. The minimum absolute atomic E-state index is 0.292. The molecule has 2 aromatic rings. The van der Waals surface area contributed by atoms with Crippen LogP contribution in [0.25, 0.3) is 0 Å². The van der Waals surface area contributed by atoms with Crippen molar-refractivity contribution in [1.82, 2.24) is 9.80 Å². The Morgan fingerprint density at radius 3 is 2.61 bits per heavy atom. The normalized spacial score (nSPS) is 10.8. The molecular weight excluding hydrogens is 329 g/mol. The first-order valence-corrected chi connectivity index (χ1v) is 8.82. The van der Waals surface area contributed by atoms with Gasteiger partial charge in [-0.3, -0.25) is 0 Å². The van der Waals surface area contributed by atoms with E-state index in [1.165, 1.54) is 10.9 Å². The maximum Gasteiger partial charge on any atom is 0.173 e. The van der Waals surface area contributed by atoms with Crippen LogP contribution in [-0.2, 0) is 6.54 Å². The molecule has 0 atom stereocenters. The number of halogens is 1. The first-order chi connectivity index (χ1) is 11.1. The van der Waals surface area contributed by atoms with Crippen LogP contribution in [0.3, 0.4) is 0 Å². The number of rotatable bonds is 7. The summed E-state index contributed by atoms with van der Waals surface area (Å²) in [6.45, 7) is 2.56.